The van der Waals surface area contributed by atoms with Crippen molar-refractivity contribution in [2.75, 3.05) is 0 Å². The van der Waals surface area contributed by atoms with Gasteiger partial charge in [0.1, 0.15) is 5.75 Å². The number of para-hydroxylation sites is 1. The summed E-state index contributed by atoms with van der Waals surface area (Å²) in [5, 5.41) is 13.1. The lowest BCUT2D eigenvalue weighted by Crippen LogP contribution is -2.06. The van der Waals surface area contributed by atoms with Gasteiger partial charge in [0.25, 0.3) is 0 Å². The summed E-state index contributed by atoms with van der Waals surface area (Å²) < 4.78 is 0. The fraction of sp³-hybridized carbons (Fsp3) is 0.111. The predicted molar refractivity (Wildman–Crippen MR) is 49.5 cm³/mol. The quantitative estimate of drug-likeness (QED) is 0.409. The van der Waals surface area contributed by atoms with E-state index in [4.69, 9.17) is 0 Å². The first-order valence-electron chi connectivity index (χ1n) is 3.77. The van der Waals surface area contributed by atoms with Gasteiger partial charge in [0.05, 0.1) is 5.71 Å². The molecule has 0 bridgehead atoms. The minimum Gasteiger partial charge on any atom is -0.507 e. The molecule has 0 fully saturated rings. The molecule has 0 radical (unpaired) electrons. The minimum absolute atomic E-state index is 0.149. The van der Waals surface area contributed by atoms with Crippen LogP contribution in [0.1, 0.15) is 12.5 Å². The molecule has 1 aromatic carbocycles. The summed E-state index contributed by atoms with van der Waals surface area (Å²) in [5.41, 5.74) is 3.34. The number of amides is 1. The molecule has 4 heteroatoms. The third-order valence-corrected chi connectivity index (χ3v) is 1.58. The highest BCUT2D eigenvalue weighted by Gasteiger charge is 2.01. The summed E-state index contributed by atoms with van der Waals surface area (Å²) >= 11 is 0. The highest BCUT2D eigenvalue weighted by Crippen LogP contribution is 2.15. The maximum absolute atomic E-state index is 9.94. The Bertz CT molecular complexity index is 334. The van der Waals surface area contributed by atoms with Crippen molar-refractivity contribution in [2.24, 2.45) is 5.10 Å². The first kappa shape index (κ1) is 9.25. The summed E-state index contributed by atoms with van der Waals surface area (Å²) in [5.74, 6) is 0.149. The van der Waals surface area contributed by atoms with E-state index < -0.39 is 0 Å². The molecule has 4 nitrogen and oxygen atoms in total. The Hall–Kier alpha value is -1.84. The number of benzene rings is 1. The van der Waals surface area contributed by atoms with E-state index in [9.17, 15) is 9.90 Å². The number of nitrogens with one attached hydrogen (secondary N) is 1. The zero-order valence-corrected chi connectivity index (χ0v) is 7.19. The van der Waals surface area contributed by atoms with E-state index in [1.54, 1.807) is 31.2 Å². The molecule has 0 heterocycles. The topological polar surface area (TPSA) is 61.7 Å². The molecule has 0 spiro atoms. The first-order chi connectivity index (χ1) is 6.25. The number of nitrogens with zero attached hydrogens (tertiary/aromatic N) is 1. The Morgan fingerprint density at radius 1 is 1.54 bits per heavy atom. The van der Waals surface area contributed by atoms with Gasteiger partial charge in [-0.05, 0) is 19.1 Å². The average molecular weight is 178 g/mol. The van der Waals surface area contributed by atoms with Crippen LogP contribution in [0.25, 0.3) is 0 Å². The standard InChI is InChI=1S/C9H10N2O2/c1-7(11-10-6-12)8-4-2-3-5-9(8)13/h2-6,13H,1H3,(H,10,12)/b11-7+. The number of phenolic OH excluding ortho intramolecular Hbond substituents is 1. The number of hydrogen-bond donors (Lipinski definition) is 2. The summed E-state index contributed by atoms with van der Waals surface area (Å²) in [4.78, 5) is 9.94. The van der Waals surface area contributed by atoms with E-state index in [1.807, 2.05) is 0 Å². The van der Waals surface area contributed by atoms with Crippen LogP contribution in [0.4, 0.5) is 0 Å². The SMILES string of the molecule is C/C(=N\NC=O)c1ccccc1O. The lowest BCUT2D eigenvalue weighted by atomic mass is 10.1. The number of carbonyl (C=O) groups excluding carboxylic acids is 1. The van der Waals surface area contributed by atoms with Crippen LogP contribution in [0.15, 0.2) is 29.4 Å². The van der Waals surface area contributed by atoms with Crippen LogP contribution in [0.5, 0.6) is 5.75 Å². The van der Waals surface area contributed by atoms with Crippen LogP contribution in [0.3, 0.4) is 0 Å². The van der Waals surface area contributed by atoms with Gasteiger partial charge in [-0.3, -0.25) is 4.79 Å². The third kappa shape index (κ3) is 2.30. The van der Waals surface area contributed by atoms with Crippen LogP contribution in [0, 0.1) is 0 Å². The second-order valence-corrected chi connectivity index (χ2v) is 2.46. The fourth-order valence-electron chi connectivity index (χ4n) is 0.963. The smallest absolute Gasteiger partial charge is 0.227 e. The van der Waals surface area contributed by atoms with Crippen molar-refractivity contribution in [2.45, 2.75) is 6.92 Å². The molecular formula is C9H10N2O2. The van der Waals surface area contributed by atoms with E-state index in [1.165, 1.54) is 0 Å². The Morgan fingerprint density at radius 3 is 2.85 bits per heavy atom. The van der Waals surface area contributed by atoms with Gasteiger partial charge >= 0.3 is 0 Å². The highest BCUT2D eigenvalue weighted by atomic mass is 16.3. The molecule has 0 atom stereocenters. The molecule has 13 heavy (non-hydrogen) atoms. The van der Waals surface area contributed by atoms with Gasteiger partial charge in [-0.15, -0.1) is 0 Å². The van der Waals surface area contributed by atoms with Crippen molar-refractivity contribution in [3.8, 4) is 5.75 Å². The Morgan fingerprint density at radius 2 is 2.23 bits per heavy atom. The molecule has 0 aromatic heterocycles. The normalized spacial score (nSPS) is 11.0. The Labute approximate surface area is 75.9 Å². The number of hydrazone groups is 1. The predicted octanol–water partition coefficient (Wildman–Crippen LogP) is 0.862. The molecule has 2 N–H and O–H groups in total. The molecule has 68 valence electrons. The molecule has 0 unspecified atom stereocenters. The molecule has 1 amide bonds. The molecule has 0 saturated heterocycles. The van der Waals surface area contributed by atoms with E-state index >= 15 is 0 Å². The second-order valence-electron chi connectivity index (χ2n) is 2.46. The number of rotatable bonds is 3. The molecule has 0 saturated carbocycles. The van der Waals surface area contributed by atoms with Crippen LogP contribution >= 0.6 is 0 Å². The zero-order valence-electron chi connectivity index (χ0n) is 7.19. The minimum atomic E-state index is 0.149. The first-order valence-corrected chi connectivity index (χ1v) is 3.77. The van der Waals surface area contributed by atoms with Crippen molar-refractivity contribution in [3.63, 3.8) is 0 Å². The van der Waals surface area contributed by atoms with Crippen LogP contribution in [-0.4, -0.2) is 17.2 Å². The van der Waals surface area contributed by atoms with Crippen molar-refractivity contribution < 1.29 is 9.90 Å². The lowest BCUT2D eigenvalue weighted by molar-refractivity contribution is -0.109. The van der Waals surface area contributed by atoms with Crippen molar-refractivity contribution >= 4 is 12.1 Å². The molecule has 0 aliphatic rings. The molecule has 1 rings (SSSR count). The van der Waals surface area contributed by atoms with Gasteiger partial charge in [0, 0.05) is 5.56 Å². The lowest BCUT2D eigenvalue weighted by Gasteiger charge is -2.01. The van der Waals surface area contributed by atoms with Gasteiger partial charge < -0.3 is 5.11 Å². The third-order valence-electron chi connectivity index (χ3n) is 1.58. The van der Waals surface area contributed by atoms with Crippen LogP contribution < -0.4 is 5.43 Å². The van der Waals surface area contributed by atoms with Gasteiger partial charge in [0.2, 0.25) is 6.41 Å². The van der Waals surface area contributed by atoms with Crippen LogP contribution in [-0.2, 0) is 4.79 Å². The maximum Gasteiger partial charge on any atom is 0.227 e. The maximum atomic E-state index is 9.94. The fourth-order valence-corrected chi connectivity index (χ4v) is 0.963. The molecule has 0 aliphatic carbocycles. The molecule has 1 aromatic rings. The van der Waals surface area contributed by atoms with E-state index in [2.05, 4.69) is 10.5 Å². The van der Waals surface area contributed by atoms with Crippen molar-refractivity contribution in [1.29, 1.82) is 0 Å². The number of phenols is 1. The van der Waals surface area contributed by atoms with Gasteiger partial charge in [-0.25, -0.2) is 5.43 Å². The van der Waals surface area contributed by atoms with Crippen LogP contribution in [0.2, 0.25) is 0 Å². The number of hydrogen-bond acceptors (Lipinski definition) is 3. The van der Waals surface area contributed by atoms with Crippen molar-refractivity contribution in [1.82, 2.24) is 5.43 Å². The summed E-state index contributed by atoms with van der Waals surface area (Å²) in [6.45, 7) is 1.70. The largest absolute Gasteiger partial charge is 0.507 e. The summed E-state index contributed by atoms with van der Waals surface area (Å²) in [6, 6.07) is 6.80. The summed E-state index contributed by atoms with van der Waals surface area (Å²) in [6.07, 6.45) is 0.476. The summed E-state index contributed by atoms with van der Waals surface area (Å²) in [7, 11) is 0. The van der Waals surface area contributed by atoms with E-state index in [0.717, 1.165) is 0 Å². The highest BCUT2D eigenvalue weighted by molar-refractivity contribution is 6.01. The average Bonchev–Trinajstić information content (AvgIpc) is 2.15. The monoisotopic (exact) mass is 178 g/mol. The van der Waals surface area contributed by atoms with E-state index in [-0.39, 0.29) is 5.75 Å². The number of aromatic hydroxyl groups is 1. The molecule has 0 aliphatic heterocycles. The molecular weight excluding hydrogens is 168 g/mol. The van der Waals surface area contributed by atoms with Gasteiger partial charge in [0.15, 0.2) is 0 Å². The number of carbonyl (C=O) groups is 1. The van der Waals surface area contributed by atoms with Gasteiger partial charge in [-0.2, -0.15) is 5.10 Å². The Balaban J connectivity index is 2.94. The zero-order chi connectivity index (χ0) is 9.68. The van der Waals surface area contributed by atoms with Crippen molar-refractivity contribution in [3.05, 3.63) is 29.8 Å². The van der Waals surface area contributed by atoms with Gasteiger partial charge in [-0.1, -0.05) is 12.1 Å². The second kappa shape index (κ2) is 4.25. The Kier molecular flexibility index (Phi) is 3.03. The van der Waals surface area contributed by atoms with E-state index in [0.29, 0.717) is 17.7 Å².